The molecule has 24 heteroatoms. The van der Waals surface area contributed by atoms with Gasteiger partial charge >= 0.3 is 0 Å². The Labute approximate surface area is 590 Å². The first-order valence-electron chi connectivity index (χ1n) is 33.4. The molecule has 104 heavy (non-hydrogen) atoms. The molecule has 0 saturated heterocycles. The smallest absolute Gasteiger partial charge is 0.291 e. The zero-order valence-corrected chi connectivity index (χ0v) is 55.4. The minimum Gasteiger partial charge on any atom is -0.451 e. The second kappa shape index (κ2) is 31.0. The van der Waals surface area contributed by atoms with Crippen LogP contribution in [0.3, 0.4) is 0 Å². The largest absolute Gasteiger partial charge is 0.451 e. The van der Waals surface area contributed by atoms with E-state index in [4.69, 9.17) is 13.3 Å². The van der Waals surface area contributed by atoms with Crippen LogP contribution in [0.25, 0.3) is 68.1 Å². The second-order valence-corrected chi connectivity index (χ2v) is 25.3. The fourth-order valence-corrected chi connectivity index (χ4v) is 13.3. The quantitative estimate of drug-likeness (QED) is 0.0554. The van der Waals surface area contributed by atoms with Crippen molar-refractivity contribution >= 4 is 23.2 Å². The number of furan rings is 3. The molecule has 10 aromatic heterocycles. The molecule has 2 saturated carbocycles. The number of rotatable bonds is 20. The minimum absolute atomic E-state index is 0.0249. The van der Waals surface area contributed by atoms with Crippen molar-refractivity contribution in [1.29, 1.82) is 0 Å². The van der Waals surface area contributed by atoms with Gasteiger partial charge in [-0.15, -0.1) is 0 Å². The van der Waals surface area contributed by atoms with Crippen molar-refractivity contribution in [1.82, 2.24) is 53.6 Å². The number of hydrogen-bond acceptors (Lipinski definition) is 14. The van der Waals surface area contributed by atoms with E-state index in [2.05, 4.69) is 49.8 Å². The number of carbonyl (C=O) groups is 3. The zero-order chi connectivity index (χ0) is 71.6. The summed E-state index contributed by atoms with van der Waals surface area (Å²) in [6.45, 7) is 1.70. The van der Waals surface area contributed by atoms with Gasteiger partial charge < -0.3 is 32.3 Å². The molecule has 0 spiro atoms. The van der Waals surface area contributed by atoms with Gasteiger partial charge in [0.25, 0.3) is 5.91 Å². The normalized spacial score (nSPS) is 14.5. The van der Waals surface area contributed by atoms with Crippen LogP contribution in [0.5, 0.6) is 0 Å². The lowest BCUT2D eigenvalue weighted by Crippen LogP contribution is -2.20. The standard InChI is InChI=1S/C28H26F2N4O2.C27H19F2N3O2.C25H17F2N5O2/c29-21-5-3-20(4-6-21)26-27(34(16-32-26)15-19-12-17-1-2-18(11-17)13-19)24-7-8-25(36-24)28(35)33-23-9-10-31-14-22(23)30;28-21-8-6-19(7-9-21)26-27(32(17-31-26)16-18-4-2-1-3-5-18)25-11-10-24(34-25)23(33)14-20-12-13-30-15-22(20)29;26-18-3-1-16(2-4-18)24-25(32(15-31-24)13-19-8-10-29-14-30-19)23-6-5-22(34-23)21(33)11-17-7-9-28-12-20(17)27/h3-10,14,16-19H,1-2,11-13,15H2,(H,31,33,35);1-13,15,17H,14,16H2;1-10,12,14-15H,11,13H2. The average Bonchev–Trinajstić information content (AvgIpc) is 1.64. The van der Waals surface area contributed by atoms with Crippen LogP contribution in [0, 0.1) is 52.7 Å². The van der Waals surface area contributed by atoms with Crippen molar-refractivity contribution in [3.05, 3.63) is 307 Å². The van der Waals surface area contributed by atoms with Crippen molar-refractivity contribution in [3.63, 3.8) is 0 Å². The molecule has 0 aliphatic heterocycles. The number of pyridine rings is 3. The molecule has 0 radical (unpaired) electrons. The van der Waals surface area contributed by atoms with Crippen LogP contribution in [-0.2, 0) is 32.5 Å². The SMILES string of the molecule is O=C(Cc1ccncc1F)c1ccc(-c2c(-c3ccc(F)cc3)ncn2Cc2ccccc2)o1.O=C(Cc1ccncc1F)c1ccc(-c2c(-c3ccc(F)cc3)ncn2Cc2ccncn2)o1.O=C(Nc1ccncc1F)c1ccc(-c2c(-c3ccc(F)cc3)ncn2CC2CC3CCC(C3)C2)o1. The number of benzene rings is 4. The first kappa shape index (κ1) is 68.4. The summed E-state index contributed by atoms with van der Waals surface area (Å²) < 4.78 is 106. The first-order chi connectivity index (χ1) is 50.7. The maximum Gasteiger partial charge on any atom is 0.291 e. The number of aromatic nitrogens is 11. The molecule has 14 aromatic rings. The molecule has 2 unspecified atom stereocenters. The minimum atomic E-state index is -0.629. The highest BCUT2D eigenvalue weighted by atomic mass is 19.1. The summed E-state index contributed by atoms with van der Waals surface area (Å²) in [5, 5.41) is 2.52. The lowest BCUT2D eigenvalue weighted by atomic mass is 9.81. The van der Waals surface area contributed by atoms with Gasteiger partial charge in [0.15, 0.2) is 40.4 Å². The van der Waals surface area contributed by atoms with Gasteiger partial charge in [-0.05, 0) is 187 Å². The van der Waals surface area contributed by atoms with Crippen molar-refractivity contribution in [2.45, 2.75) is 64.6 Å². The molecule has 520 valence electrons. The number of imidazole rings is 3. The summed E-state index contributed by atoms with van der Waals surface area (Å²) >= 11 is 0. The van der Waals surface area contributed by atoms with E-state index in [1.165, 1.54) is 112 Å². The van der Waals surface area contributed by atoms with E-state index in [0.717, 1.165) is 59.5 Å². The van der Waals surface area contributed by atoms with Gasteiger partial charge in [-0.25, -0.2) is 51.3 Å². The highest BCUT2D eigenvalue weighted by Gasteiger charge is 2.35. The third-order valence-corrected chi connectivity index (χ3v) is 18.2. The number of Topliss-reactive ketones (excluding diaryl/α,β-unsaturated/α-hetero) is 2. The van der Waals surface area contributed by atoms with Crippen LogP contribution in [0.15, 0.2) is 246 Å². The lowest BCUT2D eigenvalue weighted by Gasteiger charge is -2.28. The Morgan fingerprint density at radius 3 is 1.36 bits per heavy atom. The number of halogens is 6. The number of amides is 1. The Morgan fingerprint density at radius 2 is 0.875 bits per heavy atom. The number of carbonyl (C=O) groups excluding carboxylic acids is 3. The molecule has 2 aliphatic rings. The maximum absolute atomic E-state index is 14.0. The van der Waals surface area contributed by atoms with Crippen molar-refractivity contribution in [3.8, 4) is 68.1 Å². The molecule has 16 rings (SSSR count). The van der Waals surface area contributed by atoms with Crippen LogP contribution in [0.1, 0.15) is 86.2 Å². The average molecular weight is 1400 g/mol. The number of anilines is 1. The fourth-order valence-electron chi connectivity index (χ4n) is 13.3. The van der Waals surface area contributed by atoms with Crippen molar-refractivity contribution in [2.75, 3.05) is 5.32 Å². The summed E-state index contributed by atoms with van der Waals surface area (Å²) in [4.78, 5) is 71.3. The van der Waals surface area contributed by atoms with Gasteiger partial charge in [0, 0.05) is 67.4 Å². The zero-order valence-electron chi connectivity index (χ0n) is 55.4. The molecule has 1 amide bonds. The van der Waals surface area contributed by atoms with Gasteiger partial charge in [-0.3, -0.25) is 29.3 Å². The molecule has 18 nitrogen and oxygen atoms in total. The molecule has 10 heterocycles. The van der Waals surface area contributed by atoms with Crippen LogP contribution in [-0.4, -0.2) is 71.0 Å². The highest BCUT2D eigenvalue weighted by molar-refractivity contribution is 6.03. The van der Waals surface area contributed by atoms with Gasteiger partial charge in [-0.2, -0.15) is 0 Å². The molecule has 1 N–H and O–H groups in total. The number of ketones is 2. The predicted molar refractivity (Wildman–Crippen MR) is 373 cm³/mol. The Balaban J connectivity index is 0.000000132. The van der Waals surface area contributed by atoms with Crippen LogP contribution < -0.4 is 5.32 Å². The van der Waals surface area contributed by atoms with Gasteiger partial charge in [0.1, 0.15) is 52.5 Å². The third kappa shape index (κ3) is 15.9. The monoisotopic (exact) mass is 1400 g/mol. The first-order valence-corrected chi connectivity index (χ1v) is 33.4. The number of fused-ring (bicyclic) bond motifs is 2. The second-order valence-electron chi connectivity index (χ2n) is 25.3. The molecular weight excluding hydrogens is 1340 g/mol. The van der Waals surface area contributed by atoms with E-state index in [1.54, 1.807) is 104 Å². The fraction of sp³-hybridized carbons (Fsp3) is 0.163. The predicted octanol–water partition coefficient (Wildman–Crippen LogP) is 17.3. The summed E-state index contributed by atoms with van der Waals surface area (Å²) in [5.41, 5.74) is 8.29. The van der Waals surface area contributed by atoms with Crippen molar-refractivity contribution < 1.29 is 54.0 Å². The number of nitrogens with zero attached hydrogens (tertiary/aromatic N) is 11. The van der Waals surface area contributed by atoms with Crippen LogP contribution in [0.4, 0.5) is 32.0 Å². The topological polar surface area (TPSA) is 221 Å². The lowest BCUT2D eigenvalue weighted by molar-refractivity contribution is 0.0958. The van der Waals surface area contributed by atoms with Gasteiger partial charge in [0.2, 0.25) is 11.6 Å². The molecular formula is C80H62F6N12O6. The van der Waals surface area contributed by atoms with E-state index in [0.29, 0.717) is 75.9 Å². The molecule has 4 aromatic carbocycles. The Kier molecular flexibility index (Phi) is 20.4. The van der Waals surface area contributed by atoms with E-state index >= 15 is 0 Å². The van der Waals surface area contributed by atoms with E-state index in [-0.39, 0.29) is 76.0 Å². The van der Waals surface area contributed by atoms with Gasteiger partial charge in [-0.1, -0.05) is 43.2 Å². The summed E-state index contributed by atoms with van der Waals surface area (Å²) in [6.07, 6.45) is 21.8. The van der Waals surface area contributed by atoms with E-state index < -0.39 is 23.4 Å². The van der Waals surface area contributed by atoms with E-state index in [1.807, 2.05) is 39.5 Å². The number of nitrogens with one attached hydrogen (secondary N) is 1. The Hall–Kier alpha value is -12.7. The molecule has 2 fully saturated rings. The summed E-state index contributed by atoms with van der Waals surface area (Å²) in [5.74, 6) is -0.304. The summed E-state index contributed by atoms with van der Waals surface area (Å²) in [7, 11) is 0. The third-order valence-electron chi connectivity index (χ3n) is 18.2. The van der Waals surface area contributed by atoms with Crippen molar-refractivity contribution in [2.24, 2.45) is 17.8 Å². The Morgan fingerprint density at radius 1 is 0.433 bits per heavy atom. The van der Waals surface area contributed by atoms with Gasteiger partial charge in [0.05, 0.1) is 72.6 Å². The molecule has 2 aliphatic carbocycles. The highest BCUT2D eigenvalue weighted by Crippen LogP contribution is 2.46. The van der Waals surface area contributed by atoms with E-state index in [9.17, 15) is 40.7 Å². The van der Waals surface area contributed by atoms with Crippen LogP contribution in [0.2, 0.25) is 0 Å². The maximum atomic E-state index is 14.0. The number of hydrogen-bond donors (Lipinski definition) is 1. The molecule has 2 bridgehead atoms. The molecule has 2 atom stereocenters. The van der Waals surface area contributed by atoms with Crippen LogP contribution >= 0.6 is 0 Å². The summed E-state index contributed by atoms with van der Waals surface area (Å²) in [6, 6.07) is 43.9. The Bertz CT molecular complexity index is 5090.